The van der Waals surface area contributed by atoms with Crippen LogP contribution in [-0.4, -0.2) is 65.5 Å². The number of carbonyl (C=O) groups excluding carboxylic acids is 3. The Morgan fingerprint density at radius 3 is 2.89 bits per heavy atom. The average Bonchev–Trinajstić information content (AvgIpc) is 2.75. The Morgan fingerprint density at radius 2 is 2.07 bits per heavy atom. The van der Waals surface area contributed by atoms with Crippen molar-refractivity contribution in [2.75, 3.05) is 32.6 Å². The number of pyridine rings is 1. The van der Waals surface area contributed by atoms with Gasteiger partial charge in [0.15, 0.2) is 6.61 Å². The Kier molecular flexibility index (Phi) is 6.65. The second-order valence-corrected chi connectivity index (χ2v) is 7.40. The molecule has 1 aliphatic rings. The number of carbonyl (C=O) groups is 3. The SMILES string of the molecule is COC(=O)[C@H]1CN(C(=O)COC(=O)/C=C/c2ccc3ccccc3n2)CCS1. The maximum atomic E-state index is 12.2. The fourth-order valence-electron chi connectivity index (χ4n) is 2.75. The zero-order chi connectivity index (χ0) is 19.9. The molecule has 1 atom stereocenters. The van der Waals surface area contributed by atoms with Crippen LogP contribution in [0.25, 0.3) is 17.0 Å². The molecule has 7 nitrogen and oxygen atoms in total. The summed E-state index contributed by atoms with van der Waals surface area (Å²) in [5.74, 6) is -0.684. The molecule has 0 aliphatic carbocycles. The van der Waals surface area contributed by atoms with Gasteiger partial charge in [-0.3, -0.25) is 9.59 Å². The molecule has 1 amide bonds. The van der Waals surface area contributed by atoms with Crippen molar-refractivity contribution < 1.29 is 23.9 Å². The van der Waals surface area contributed by atoms with Crippen LogP contribution in [-0.2, 0) is 23.9 Å². The topological polar surface area (TPSA) is 85.8 Å². The third kappa shape index (κ3) is 5.10. The highest BCUT2D eigenvalue weighted by atomic mass is 32.2. The van der Waals surface area contributed by atoms with Gasteiger partial charge in [-0.1, -0.05) is 24.3 Å². The number of amides is 1. The van der Waals surface area contributed by atoms with Gasteiger partial charge >= 0.3 is 11.9 Å². The smallest absolute Gasteiger partial charge is 0.331 e. The highest BCUT2D eigenvalue weighted by Gasteiger charge is 2.29. The molecule has 1 aliphatic heterocycles. The van der Waals surface area contributed by atoms with E-state index in [9.17, 15) is 14.4 Å². The lowest BCUT2D eigenvalue weighted by molar-refractivity contribution is -0.149. The molecule has 0 unspecified atom stereocenters. The fraction of sp³-hybridized carbons (Fsp3) is 0.300. The quantitative estimate of drug-likeness (QED) is 0.560. The predicted octanol–water partition coefficient (Wildman–Crippen LogP) is 1.91. The molecule has 8 heteroatoms. The predicted molar refractivity (Wildman–Crippen MR) is 107 cm³/mol. The van der Waals surface area contributed by atoms with Crippen LogP contribution in [0.3, 0.4) is 0 Å². The van der Waals surface area contributed by atoms with Gasteiger partial charge in [-0.2, -0.15) is 0 Å². The van der Waals surface area contributed by atoms with E-state index in [0.717, 1.165) is 10.9 Å². The molecule has 2 heterocycles. The van der Waals surface area contributed by atoms with Gasteiger partial charge in [0.1, 0.15) is 5.25 Å². The summed E-state index contributed by atoms with van der Waals surface area (Å²) >= 11 is 1.45. The summed E-state index contributed by atoms with van der Waals surface area (Å²) < 4.78 is 9.74. The van der Waals surface area contributed by atoms with Crippen LogP contribution < -0.4 is 0 Å². The molecule has 146 valence electrons. The fourth-order valence-corrected chi connectivity index (χ4v) is 3.88. The molecular weight excluding hydrogens is 380 g/mol. The van der Waals surface area contributed by atoms with E-state index in [-0.39, 0.29) is 25.0 Å². The minimum absolute atomic E-state index is 0.255. The van der Waals surface area contributed by atoms with Gasteiger partial charge in [0, 0.05) is 30.3 Å². The summed E-state index contributed by atoms with van der Waals surface area (Å²) in [5, 5.41) is 0.607. The van der Waals surface area contributed by atoms with Crippen LogP contribution >= 0.6 is 11.8 Å². The number of fused-ring (bicyclic) bond motifs is 1. The molecule has 0 N–H and O–H groups in total. The van der Waals surface area contributed by atoms with Crippen molar-refractivity contribution in [3.63, 3.8) is 0 Å². The van der Waals surface area contributed by atoms with Gasteiger partial charge in [0.25, 0.3) is 5.91 Å². The second-order valence-electron chi connectivity index (χ2n) is 6.09. The minimum atomic E-state index is -0.626. The molecule has 0 spiro atoms. The highest BCUT2D eigenvalue weighted by molar-refractivity contribution is 8.00. The Balaban J connectivity index is 1.51. The zero-order valence-corrected chi connectivity index (χ0v) is 16.2. The number of methoxy groups -OCH3 is 1. The van der Waals surface area contributed by atoms with E-state index in [1.807, 2.05) is 30.3 Å². The van der Waals surface area contributed by atoms with E-state index in [4.69, 9.17) is 9.47 Å². The van der Waals surface area contributed by atoms with Crippen molar-refractivity contribution >= 4 is 46.6 Å². The van der Waals surface area contributed by atoms with Gasteiger partial charge < -0.3 is 14.4 Å². The molecule has 2 aromatic rings. The third-order valence-electron chi connectivity index (χ3n) is 4.23. The van der Waals surface area contributed by atoms with Crippen LogP contribution in [0.5, 0.6) is 0 Å². The average molecular weight is 400 g/mol. The maximum Gasteiger partial charge on any atom is 0.331 e. The van der Waals surface area contributed by atoms with Crippen LogP contribution in [0.1, 0.15) is 5.69 Å². The molecule has 1 fully saturated rings. The molecule has 0 radical (unpaired) electrons. The van der Waals surface area contributed by atoms with Crippen molar-refractivity contribution in [3.8, 4) is 0 Å². The van der Waals surface area contributed by atoms with Crippen LogP contribution in [0.4, 0.5) is 0 Å². The van der Waals surface area contributed by atoms with E-state index >= 15 is 0 Å². The Hall–Kier alpha value is -2.87. The number of esters is 2. The molecule has 1 aromatic carbocycles. The first-order valence-corrected chi connectivity index (χ1v) is 9.79. The monoisotopic (exact) mass is 400 g/mol. The Labute approximate surface area is 166 Å². The van der Waals surface area contributed by atoms with Crippen molar-refractivity contribution in [1.82, 2.24) is 9.88 Å². The van der Waals surface area contributed by atoms with E-state index in [2.05, 4.69) is 4.98 Å². The Bertz CT molecular complexity index is 914. The minimum Gasteiger partial charge on any atom is -0.468 e. The van der Waals surface area contributed by atoms with Gasteiger partial charge in [-0.25, -0.2) is 9.78 Å². The molecular formula is C20H20N2O5S. The zero-order valence-electron chi connectivity index (χ0n) is 15.4. The lowest BCUT2D eigenvalue weighted by Crippen LogP contribution is -2.46. The number of benzene rings is 1. The number of rotatable bonds is 5. The summed E-state index contributed by atoms with van der Waals surface area (Å²) in [6.45, 7) is 0.392. The molecule has 0 bridgehead atoms. The highest BCUT2D eigenvalue weighted by Crippen LogP contribution is 2.20. The second kappa shape index (κ2) is 9.36. The normalized spacial score (nSPS) is 16.9. The molecule has 28 heavy (non-hydrogen) atoms. The first-order chi connectivity index (χ1) is 13.6. The number of hydrogen-bond acceptors (Lipinski definition) is 7. The van der Waals surface area contributed by atoms with E-state index in [0.29, 0.717) is 18.0 Å². The molecule has 1 saturated heterocycles. The first-order valence-electron chi connectivity index (χ1n) is 8.74. The number of para-hydroxylation sites is 1. The van der Waals surface area contributed by atoms with Crippen LogP contribution in [0.15, 0.2) is 42.5 Å². The van der Waals surface area contributed by atoms with Crippen molar-refractivity contribution in [3.05, 3.63) is 48.2 Å². The number of nitrogens with zero attached hydrogens (tertiary/aromatic N) is 2. The van der Waals surface area contributed by atoms with E-state index < -0.39 is 11.2 Å². The number of aromatic nitrogens is 1. The van der Waals surface area contributed by atoms with E-state index in [1.54, 1.807) is 12.1 Å². The largest absolute Gasteiger partial charge is 0.468 e. The summed E-state index contributed by atoms with van der Waals surface area (Å²) in [6, 6.07) is 11.4. The first kappa shape index (κ1) is 19.9. The summed E-state index contributed by atoms with van der Waals surface area (Å²) in [7, 11) is 1.32. The summed E-state index contributed by atoms with van der Waals surface area (Å²) in [5.41, 5.74) is 1.45. The van der Waals surface area contributed by atoms with Gasteiger partial charge in [-0.05, 0) is 18.2 Å². The molecule has 3 rings (SSSR count). The number of hydrogen-bond donors (Lipinski definition) is 0. The summed E-state index contributed by atoms with van der Waals surface area (Å²) in [4.78, 5) is 41.7. The lowest BCUT2D eigenvalue weighted by atomic mass is 10.2. The lowest BCUT2D eigenvalue weighted by Gasteiger charge is -2.30. The molecule has 1 aromatic heterocycles. The molecule has 0 saturated carbocycles. The van der Waals surface area contributed by atoms with Crippen LogP contribution in [0.2, 0.25) is 0 Å². The van der Waals surface area contributed by atoms with E-state index in [1.165, 1.54) is 29.8 Å². The van der Waals surface area contributed by atoms with Crippen molar-refractivity contribution in [1.29, 1.82) is 0 Å². The van der Waals surface area contributed by atoms with Crippen molar-refractivity contribution in [2.45, 2.75) is 5.25 Å². The van der Waals surface area contributed by atoms with Crippen LogP contribution in [0, 0.1) is 0 Å². The standard InChI is InChI=1S/C20H20N2O5S/c1-26-20(25)17-12-22(10-11-28-17)18(23)13-27-19(24)9-8-15-7-6-14-4-2-3-5-16(14)21-15/h2-9,17H,10-13H2,1H3/b9-8+/t17-/m1/s1. The maximum absolute atomic E-state index is 12.2. The Morgan fingerprint density at radius 1 is 1.25 bits per heavy atom. The number of ether oxygens (including phenoxy) is 2. The number of thioether (sulfide) groups is 1. The third-order valence-corrected chi connectivity index (χ3v) is 5.39. The van der Waals surface area contributed by atoms with Crippen molar-refractivity contribution in [2.24, 2.45) is 0 Å². The van der Waals surface area contributed by atoms with Gasteiger partial charge in [0.05, 0.1) is 18.3 Å². The van der Waals surface area contributed by atoms with Gasteiger partial charge in [0.2, 0.25) is 0 Å². The van der Waals surface area contributed by atoms with Gasteiger partial charge in [-0.15, -0.1) is 11.8 Å². The summed E-state index contributed by atoms with van der Waals surface area (Å²) in [6.07, 6.45) is 2.79.